The molecule has 0 radical (unpaired) electrons. The normalized spacial score (nSPS) is 16.6. The van der Waals surface area contributed by atoms with E-state index in [1.165, 1.54) is 5.56 Å². The van der Waals surface area contributed by atoms with E-state index in [1.807, 2.05) is 34.7 Å². The molecule has 1 unspecified atom stereocenters. The lowest BCUT2D eigenvalue weighted by Gasteiger charge is -2.26. The predicted molar refractivity (Wildman–Crippen MR) is 113 cm³/mol. The average Bonchev–Trinajstić information content (AvgIpc) is 3.32. The number of nitrogens with zero attached hydrogens (tertiary/aromatic N) is 3. The van der Waals surface area contributed by atoms with Gasteiger partial charge in [-0.05, 0) is 49.1 Å². The first-order valence-corrected chi connectivity index (χ1v) is 10.4. The van der Waals surface area contributed by atoms with E-state index in [9.17, 15) is 4.79 Å². The number of imidazole rings is 1. The SMILES string of the molecule is Cc1ccc(CN(CC2CCCO2)C(=O)c2cccc3ncn(C)c23)c(Br)c1. The molecule has 0 bridgehead atoms. The summed E-state index contributed by atoms with van der Waals surface area (Å²) < 4.78 is 8.77. The Morgan fingerprint density at radius 1 is 1.36 bits per heavy atom. The second-order valence-corrected chi connectivity index (χ2v) is 8.30. The van der Waals surface area contributed by atoms with Crippen LogP contribution in [0.25, 0.3) is 11.0 Å². The zero-order valence-corrected chi connectivity index (χ0v) is 17.8. The summed E-state index contributed by atoms with van der Waals surface area (Å²) in [5, 5.41) is 0. The highest BCUT2D eigenvalue weighted by atomic mass is 79.9. The quantitative estimate of drug-likeness (QED) is 0.586. The highest BCUT2D eigenvalue weighted by Gasteiger charge is 2.26. The molecule has 0 N–H and O–H groups in total. The fourth-order valence-corrected chi connectivity index (χ4v) is 4.41. The molecule has 0 saturated carbocycles. The van der Waals surface area contributed by atoms with Crippen molar-refractivity contribution >= 4 is 32.9 Å². The lowest BCUT2D eigenvalue weighted by atomic mass is 10.1. The second kappa shape index (κ2) is 8.05. The molecule has 0 spiro atoms. The lowest BCUT2D eigenvalue weighted by molar-refractivity contribution is 0.0508. The van der Waals surface area contributed by atoms with E-state index >= 15 is 0 Å². The van der Waals surface area contributed by atoms with Crippen LogP contribution in [0.2, 0.25) is 0 Å². The summed E-state index contributed by atoms with van der Waals surface area (Å²) in [6.45, 7) is 3.96. The number of amides is 1. The van der Waals surface area contributed by atoms with Crippen LogP contribution in [-0.2, 0) is 18.3 Å². The number of aryl methyl sites for hydroxylation is 2. The average molecular weight is 442 g/mol. The molecule has 2 aromatic carbocycles. The molecule has 4 rings (SSSR count). The van der Waals surface area contributed by atoms with Crippen LogP contribution in [0.5, 0.6) is 0 Å². The van der Waals surface area contributed by atoms with Gasteiger partial charge in [-0.2, -0.15) is 0 Å². The van der Waals surface area contributed by atoms with Crippen molar-refractivity contribution in [3.8, 4) is 0 Å². The number of para-hydroxylation sites is 1. The Balaban J connectivity index is 1.69. The van der Waals surface area contributed by atoms with Crippen LogP contribution in [-0.4, -0.2) is 39.6 Å². The Kier molecular flexibility index (Phi) is 5.51. The smallest absolute Gasteiger partial charge is 0.256 e. The maximum Gasteiger partial charge on any atom is 0.256 e. The molecule has 1 atom stereocenters. The van der Waals surface area contributed by atoms with Gasteiger partial charge in [-0.3, -0.25) is 4.79 Å². The largest absolute Gasteiger partial charge is 0.376 e. The van der Waals surface area contributed by atoms with Crippen molar-refractivity contribution in [1.82, 2.24) is 14.5 Å². The van der Waals surface area contributed by atoms with E-state index in [0.717, 1.165) is 40.5 Å². The third-order valence-corrected chi connectivity index (χ3v) is 6.01. The van der Waals surface area contributed by atoms with Crippen LogP contribution in [0, 0.1) is 6.92 Å². The minimum absolute atomic E-state index is 0.0113. The monoisotopic (exact) mass is 441 g/mol. The van der Waals surface area contributed by atoms with E-state index in [0.29, 0.717) is 18.7 Å². The van der Waals surface area contributed by atoms with E-state index in [1.54, 1.807) is 6.33 Å². The number of carbonyl (C=O) groups excluding carboxylic acids is 1. The van der Waals surface area contributed by atoms with Gasteiger partial charge in [0.05, 0.1) is 29.0 Å². The van der Waals surface area contributed by atoms with Gasteiger partial charge in [-0.25, -0.2) is 4.98 Å². The molecule has 6 heteroatoms. The van der Waals surface area contributed by atoms with Crippen molar-refractivity contribution < 1.29 is 9.53 Å². The highest BCUT2D eigenvalue weighted by Crippen LogP contribution is 2.25. The maximum absolute atomic E-state index is 13.6. The van der Waals surface area contributed by atoms with Crippen LogP contribution in [0.4, 0.5) is 0 Å². The fraction of sp³-hybridized carbons (Fsp3) is 0.364. The molecule has 28 heavy (non-hydrogen) atoms. The third-order valence-electron chi connectivity index (χ3n) is 5.27. The van der Waals surface area contributed by atoms with Gasteiger partial charge >= 0.3 is 0 Å². The molecule has 2 heterocycles. The minimum atomic E-state index is 0.0113. The standard InChI is InChI=1S/C22H24BrN3O2/c1-15-8-9-16(19(23)11-15)12-26(13-17-5-4-10-28-17)22(27)18-6-3-7-20-21(18)25(2)14-24-20/h3,6-9,11,14,17H,4-5,10,12-13H2,1-2H3. The van der Waals surface area contributed by atoms with Crippen molar-refractivity contribution in [2.45, 2.75) is 32.4 Å². The Labute approximate surface area is 173 Å². The van der Waals surface area contributed by atoms with Gasteiger partial charge in [0.15, 0.2) is 0 Å². The van der Waals surface area contributed by atoms with Gasteiger partial charge in [0, 0.05) is 31.2 Å². The Morgan fingerprint density at radius 3 is 2.96 bits per heavy atom. The van der Waals surface area contributed by atoms with Crippen LogP contribution in [0.1, 0.15) is 34.3 Å². The summed E-state index contributed by atoms with van der Waals surface area (Å²) in [5.41, 5.74) is 4.66. The van der Waals surface area contributed by atoms with E-state index < -0.39 is 0 Å². The number of aromatic nitrogens is 2. The van der Waals surface area contributed by atoms with Gasteiger partial charge in [-0.15, -0.1) is 0 Å². The molecule has 3 aromatic rings. The third kappa shape index (κ3) is 3.84. The molecule has 146 valence electrons. The molecule has 0 aliphatic carbocycles. The van der Waals surface area contributed by atoms with Gasteiger partial charge in [0.2, 0.25) is 0 Å². The van der Waals surface area contributed by atoms with Crippen LogP contribution < -0.4 is 0 Å². The number of carbonyl (C=O) groups is 1. The van der Waals surface area contributed by atoms with E-state index in [-0.39, 0.29) is 12.0 Å². The Hall–Kier alpha value is -2.18. The Morgan fingerprint density at radius 2 is 2.21 bits per heavy atom. The summed E-state index contributed by atoms with van der Waals surface area (Å²) in [5.74, 6) is 0.0113. The van der Waals surface area contributed by atoms with Crippen molar-refractivity contribution in [3.63, 3.8) is 0 Å². The van der Waals surface area contributed by atoms with Crippen LogP contribution in [0.3, 0.4) is 0 Å². The molecule has 1 aliphatic rings. The maximum atomic E-state index is 13.6. The fourth-order valence-electron chi connectivity index (χ4n) is 3.80. The summed E-state index contributed by atoms with van der Waals surface area (Å²) in [6.07, 6.45) is 3.90. The second-order valence-electron chi connectivity index (χ2n) is 7.44. The van der Waals surface area contributed by atoms with Crippen molar-refractivity contribution in [1.29, 1.82) is 0 Å². The number of rotatable bonds is 5. The molecule has 1 saturated heterocycles. The summed E-state index contributed by atoms with van der Waals surface area (Å²) in [7, 11) is 1.92. The first kappa shape index (κ1) is 19.2. The number of hydrogen-bond acceptors (Lipinski definition) is 3. The zero-order chi connectivity index (χ0) is 19.7. The number of ether oxygens (including phenoxy) is 1. The van der Waals surface area contributed by atoms with Gasteiger partial charge in [-0.1, -0.05) is 34.1 Å². The molecule has 1 fully saturated rings. The van der Waals surface area contributed by atoms with Gasteiger partial charge < -0.3 is 14.2 Å². The predicted octanol–water partition coefficient (Wildman–Crippen LogP) is 4.47. The molecule has 5 nitrogen and oxygen atoms in total. The molecule has 1 aromatic heterocycles. The summed E-state index contributed by atoms with van der Waals surface area (Å²) in [4.78, 5) is 19.9. The lowest BCUT2D eigenvalue weighted by Crippen LogP contribution is -2.37. The first-order valence-electron chi connectivity index (χ1n) is 9.59. The van der Waals surface area contributed by atoms with Crippen molar-refractivity contribution in [2.24, 2.45) is 7.05 Å². The topological polar surface area (TPSA) is 47.4 Å². The number of hydrogen-bond donors (Lipinski definition) is 0. The summed E-state index contributed by atoms with van der Waals surface area (Å²) >= 11 is 3.66. The van der Waals surface area contributed by atoms with Gasteiger partial charge in [0.25, 0.3) is 5.91 Å². The molecule has 1 aliphatic heterocycles. The molecule has 1 amide bonds. The first-order chi connectivity index (χ1) is 13.5. The van der Waals surface area contributed by atoms with Crippen LogP contribution >= 0.6 is 15.9 Å². The van der Waals surface area contributed by atoms with Gasteiger partial charge in [0.1, 0.15) is 0 Å². The van der Waals surface area contributed by atoms with E-state index in [4.69, 9.17) is 4.74 Å². The molecular weight excluding hydrogens is 418 g/mol. The Bertz CT molecular complexity index is 1010. The zero-order valence-electron chi connectivity index (χ0n) is 16.2. The number of benzene rings is 2. The van der Waals surface area contributed by atoms with Crippen LogP contribution in [0.15, 0.2) is 47.2 Å². The molecular formula is C22H24BrN3O2. The number of fused-ring (bicyclic) bond motifs is 1. The van der Waals surface area contributed by atoms with E-state index in [2.05, 4.69) is 46.0 Å². The van der Waals surface area contributed by atoms with Crippen molar-refractivity contribution in [2.75, 3.05) is 13.2 Å². The summed E-state index contributed by atoms with van der Waals surface area (Å²) in [6, 6.07) is 12.0. The highest BCUT2D eigenvalue weighted by molar-refractivity contribution is 9.10. The minimum Gasteiger partial charge on any atom is -0.376 e. The van der Waals surface area contributed by atoms with Crippen molar-refractivity contribution in [3.05, 3.63) is 63.9 Å². The number of halogens is 1.